The summed E-state index contributed by atoms with van der Waals surface area (Å²) in [4.78, 5) is 12.1. The van der Waals surface area contributed by atoms with Crippen molar-refractivity contribution in [1.82, 2.24) is 5.43 Å². The Morgan fingerprint density at radius 2 is 1.68 bits per heavy atom. The fraction of sp³-hybridized carbons (Fsp3) is 0.462. The molecule has 1 aromatic carbocycles. The SMILES string of the molecule is CC(C)(C1NN(c2c(Cl)cc(C(F)(F)F)cc2Cl)C(=O)O1)S(C)(=O)=O. The third kappa shape index (κ3) is 3.67. The van der Waals surface area contributed by atoms with Crippen LogP contribution >= 0.6 is 23.2 Å². The number of hydrogen-bond donors (Lipinski definition) is 1. The molecule has 25 heavy (non-hydrogen) atoms. The largest absolute Gasteiger partial charge is 0.430 e. The molecule has 2 rings (SSSR count). The highest BCUT2D eigenvalue weighted by molar-refractivity contribution is 7.92. The summed E-state index contributed by atoms with van der Waals surface area (Å²) in [6.07, 6.45) is -6.05. The predicted octanol–water partition coefficient (Wildman–Crippen LogP) is 3.62. The van der Waals surface area contributed by atoms with Crippen LogP contribution in [0, 0.1) is 0 Å². The molecule has 0 aromatic heterocycles. The number of hydrazine groups is 1. The lowest BCUT2D eigenvalue weighted by Gasteiger charge is -2.27. The number of halogens is 5. The van der Waals surface area contributed by atoms with E-state index in [0.29, 0.717) is 17.1 Å². The van der Waals surface area contributed by atoms with E-state index < -0.39 is 48.7 Å². The fourth-order valence-electron chi connectivity index (χ4n) is 1.94. The van der Waals surface area contributed by atoms with E-state index in [1.165, 1.54) is 13.8 Å². The summed E-state index contributed by atoms with van der Waals surface area (Å²) < 4.78 is 65.5. The molecular weight excluding hydrogens is 408 g/mol. The van der Waals surface area contributed by atoms with Crippen LogP contribution in [0.2, 0.25) is 10.0 Å². The van der Waals surface area contributed by atoms with Gasteiger partial charge in [0.05, 0.1) is 15.6 Å². The van der Waals surface area contributed by atoms with Gasteiger partial charge in [0.25, 0.3) is 0 Å². The summed E-state index contributed by atoms with van der Waals surface area (Å²) in [6, 6.07) is 1.21. The Balaban J connectivity index is 2.43. The Hall–Kier alpha value is -1.23. The second kappa shape index (κ2) is 6.19. The van der Waals surface area contributed by atoms with Gasteiger partial charge >= 0.3 is 12.3 Å². The minimum Gasteiger partial charge on any atom is -0.426 e. The number of sulfone groups is 1. The third-order valence-electron chi connectivity index (χ3n) is 3.80. The summed E-state index contributed by atoms with van der Waals surface area (Å²) in [7, 11) is -3.64. The molecule has 1 fully saturated rings. The molecule has 0 radical (unpaired) electrons. The number of nitrogens with zero attached hydrogens (tertiary/aromatic N) is 1. The van der Waals surface area contributed by atoms with Crippen LogP contribution in [0.4, 0.5) is 23.7 Å². The van der Waals surface area contributed by atoms with Gasteiger partial charge in [0.15, 0.2) is 16.1 Å². The zero-order valence-corrected chi connectivity index (χ0v) is 15.4. The lowest BCUT2D eigenvalue weighted by Crippen LogP contribution is -2.52. The molecule has 0 aliphatic carbocycles. The van der Waals surface area contributed by atoms with Crippen molar-refractivity contribution in [2.75, 3.05) is 11.3 Å². The summed E-state index contributed by atoms with van der Waals surface area (Å²) >= 11 is 11.7. The number of ether oxygens (including phenoxy) is 1. The number of hydrogen-bond acceptors (Lipinski definition) is 5. The molecule has 12 heteroatoms. The zero-order chi connectivity index (χ0) is 19.4. The van der Waals surface area contributed by atoms with Crippen LogP contribution in [0.3, 0.4) is 0 Å². The van der Waals surface area contributed by atoms with Crippen molar-refractivity contribution in [3.05, 3.63) is 27.7 Å². The van der Waals surface area contributed by atoms with Gasteiger partial charge in [-0.05, 0) is 26.0 Å². The molecule has 1 aliphatic heterocycles. The van der Waals surface area contributed by atoms with Gasteiger partial charge in [-0.2, -0.15) is 18.6 Å². The first-order valence-electron chi connectivity index (χ1n) is 6.69. The Kier molecular flexibility index (Phi) is 4.97. The van der Waals surface area contributed by atoms with Gasteiger partial charge in [-0.15, -0.1) is 0 Å². The van der Waals surface area contributed by atoms with Crippen molar-refractivity contribution in [3.8, 4) is 0 Å². The highest BCUT2D eigenvalue weighted by atomic mass is 35.5. The van der Waals surface area contributed by atoms with Crippen LogP contribution in [-0.2, 0) is 20.8 Å². The molecule has 1 amide bonds. The first-order chi connectivity index (χ1) is 11.2. The van der Waals surface area contributed by atoms with Crippen molar-refractivity contribution < 1.29 is 31.1 Å². The van der Waals surface area contributed by atoms with E-state index in [1.807, 2.05) is 0 Å². The molecular formula is C13H13Cl2F3N2O4S. The smallest absolute Gasteiger partial charge is 0.426 e. The molecule has 0 bridgehead atoms. The summed E-state index contributed by atoms with van der Waals surface area (Å²) in [5.74, 6) is 0. The average Bonchev–Trinajstić information content (AvgIpc) is 2.78. The standard InChI is InChI=1S/C13H13Cl2F3N2O4S/c1-12(2,25(3,22)23)10-19-20(11(21)24-10)9-7(14)4-6(5-8(9)15)13(16,17)18/h4-5,10,19H,1-3H3. The maximum atomic E-state index is 12.8. The van der Waals surface area contributed by atoms with Gasteiger partial charge in [0.2, 0.25) is 0 Å². The molecule has 6 nitrogen and oxygen atoms in total. The number of carbonyl (C=O) groups excluding carboxylic acids is 1. The van der Waals surface area contributed by atoms with Gasteiger partial charge < -0.3 is 4.74 Å². The topological polar surface area (TPSA) is 75.7 Å². The van der Waals surface area contributed by atoms with Crippen molar-refractivity contribution in [1.29, 1.82) is 0 Å². The van der Waals surface area contributed by atoms with E-state index in [0.717, 1.165) is 6.26 Å². The quantitative estimate of drug-likeness (QED) is 0.807. The van der Waals surface area contributed by atoms with Gasteiger partial charge in [-0.3, -0.25) is 0 Å². The Labute approximate surface area is 151 Å². The molecule has 0 saturated carbocycles. The van der Waals surface area contributed by atoms with E-state index in [-0.39, 0.29) is 5.69 Å². The highest BCUT2D eigenvalue weighted by Gasteiger charge is 2.48. The van der Waals surface area contributed by atoms with Crippen molar-refractivity contribution in [3.63, 3.8) is 0 Å². The number of anilines is 1. The third-order valence-corrected chi connectivity index (χ3v) is 6.50. The lowest BCUT2D eigenvalue weighted by molar-refractivity contribution is -0.137. The second-order valence-corrected chi connectivity index (χ2v) is 9.30. The minimum absolute atomic E-state index is 0.270. The molecule has 0 spiro atoms. The molecule has 1 aromatic rings. The van der Waals surface area contributed by atoms with Crippen LogP contribution in [0.25, 0.3) is 0 Å². The molecule has 1 atom stereocenters. The molecule has 1 heterocycles. The summed E-state index contributed by atoms with van der Waals surface area (Å²) in [6.45, 7) is 2.65. The Bertz CT molecular complexity index is 804. The number of rotatable bonds is 3. The number of nitrogens with one attached hydrogen (secondary N) is 1. The Morgan fingerprint density at radius 1 is 1.20 bits per heavy atom. The van der Waals surface area contributed by atoms with E-state index in [2.05, 4.69) is 5.43 Å². The van der Waals surface area contributed by atoms with E-state index in [9.17, 15) is 26.4 Å². The number of alkyl halides is 3. The number of cyclic esters (lactones) is 1. The summed E-state index contributed by atoms with van der Waals surface area (Å²) in [5.41, 5.74) is 1.11. The van der Waals surface area contributed by atoms with Gasteiger partial charge in [0, 0.05) is 6.26 Å². The molecule has 1 aliphatic rings. The summed E-state index contributed by atoms with van der Waals surface area (Å²) in [5, 5.41) is -0.230. The Morgan fingerprint density at radius 3 is 2.08 bits per heavy atom. The van der Waals surface area contributed by atoms with Crippen LogP contribution in [-0.4, -0.2) is 31.7 Å². The second-order valence-electron chi connectivity index (χ2n) is 5.89. The van der Waals surface area contributed by atoms with E-state index >= 15 is 0 Å². The monoisotopic (exact) mass is 420 g/mol. The lowest BCUT2D eigenvalue weighted by atomic mass is 10.2. The van der Waals surface area contributed by atoms with Crippen LogP contribution < -0.4 is 10.4 Å². The molecule has 1 saturated heterocycles. The van der Waals surface area contributed by atoms with Crippen molar-refractivity contribution in [2.24, 2.45) is 0 Å². The zero-order valence-electron chi connectivity index (χ0n) is 13.1. The number of amides is 1. The molecule has 1 N–H and O–H groups in total. The minimum atomic E-state index is -4.68. The van der Waals surface area contributed by atoms with Crippen molar-refractivity contribution in [2.45, 2.75) is 31.0 Å². The normalized spacial score (nSPS) is 19.3. The van der Waals surface area contributed by atoms with Gasteiger partial charge in [-0.1, -0.05) is 23.2 Å². The van der Waals surface area contributed by atoms with Crippen LogP contribution in [0.1, 0.15) is 19.4 Å². The average molecular weight is 421 g/mol. The van der Waals surface area contributed by atoms with Crippen LogP contribution in [0.5, 0.6) is 0 Å². The van der Waals surface area contributed by atoms with E-state index in [4.69, 9.17) is 27.9 Å². The first-order valence-corrected chi connectivity index (χ1v) is 9.33. The van der Waals surface area contributed by atoms with Gasteiger partial charge in [0.1, 0.15) is 10.4 Å². The number of carbonyl (C=O) groups is 1. The maximum absolute atomic E-state index is 12.8. The van der Waals surface area contributed by atoms with Crippen molar-refractivity contribution >= 4 is 44.8 Å². The predicted molar refractivity (Wildman–Crippen MR) is 86.3 cm³/mol. The molecule has 140 valence electrons. The molecule has 1 unspecified atom stereocenters. The number of benzene rings is 1. The first kappa shape index (κ1) is 20.1. The fourth-order valence-corrected chi connectivity index (χ4v) is 3.09. The highest BCUT2D eigenvalue weighted by Crippen LogP contribution is 2.41. The van der Waals surface area contributed by atoms with Gasteiger partial charge in [-0.25, -0.2) is 18.2 Å². The maximum Gasteiger partial charge on any atom is 0.430 e. The van der Waals surface area contributed by atoms with E-state index in [1.54, 1.807) is 0 Å². The van der Waals surface area contributed by atoms with Crippen LogP contribution in [0.15, 0.2) is 12.1 Å².